The number of rotatable bonds is 1. The van der Waals surface area contributed by atoms with E-state index in [9.17, 15) is 4.39 Å². The van der Waals surface area contributed by atoms with E-state index in [1.807, 2.05) is 4.90 Å². The van der Waals surface area contributed by atoms with Gasteiger partial charge in [0, 0.05) is 29.8 Å². The van der Waals surface area contributed by atoms with Gasteiger partial charge in [-0.1, -0.05) is 0 Å². The van der Waals surface area contributed by atoms with Gasteiger partial charge in [0.05, 0.1) is 0 Å². The zero-order valence-electron chi connectivity index (χ0n) is 7.58. The second-order valence-corrected chi connectivity index (χ2v) is 4.37. The molecule has 0 aromatic carbocycles. The third-order valence-corrected chi connectivity index (χ3v) is 2.75. The highest BCUT2D eigenvalue weighted by molar-refractivity contribution is 9.10. The Hall–Kier alpha value is -0.680. The number of hydrogen-bond donors (Lipinski definition) is 1. The number of anilines is 1. The van der Waals surface area contributed by atoms with Crippen LogP contribution in [0, 0.1) is 5.82 Å². The summed E-state index contributed by atoms with van der Waals surface area (Å²) in [6, 6.07) is 1.56. The average molecular weight is 260 g/mol. The summed E-state index contributed by atoms with van der Waals surface area (Å²) in [5, 5.41) is 0. The van der Waals surface area contributed by atoms with Crippen molar-refractivity contribution in [2.45, 2.75) is 12.5 Å². The van der Waals surface area contributed by atoms with Crippen LogP contribution in [0.3, 0.4) is 0 Å². The number of nitrogens with two attached hydrogens (primary N) is 1. The van der Waals surface area contributed by atoms with E-state index in [1.54, 1.807) is 6.20 Å². The van der Waals surface area contributed by atoms with Crippen molar-refractivity contribution in [2.24, 2.45) is 5.73 Å². The van der Waals surface area contributed by atoms with Gasteiger partial charge in [-0.15, -0.1) is 0 Å². The lowest BCUT2D eigenvalue weighted by Crippen LogP contribution is -2.27. The highest BCUT2D eigenvalue weighted by atomic mass is 79.9. The molecule has 1 aliphatic heterocycles. The first-order chi connectivity index (χ1) is 6.66. The average Bonchev–Trinajstić information content (AvgIpc) is 2.51. The zero-order chi connectivity index (χ0) is 10.1. The highest BCUT2D eigenvalue weighted by Gasteiger charge is 2.22. The van der Waals surface area contributed by atoms with Crippen molar-refractivity contribution >= 4 is 21.7 Å². The SMILES string of the molecule is NC1CCN(c2ncc(Br)cc2F)C1. The third kappa shape index (κ3) is 1.88. The third-order valence-electron chi connectivity index (χ3n) is 2.31. The van der Waals surface area contributed by atoms with E-state index < -0.39 is 0 Å². The van der Waals surface area contributed by atoms with Crippen molar-refractivity contribution in [3.05, 3.63) is 22.6 Å². The van der Waals surface area contributed by atoms with Crippen LogP contribution in [0.15, 0.2) is 16.7 Å². The molecule has 1 saturated heterocycles. The maximum Gasteiger partial charge on any atom is 0.166 e. The summed E-state index contributed by atoms with van der Waals surface area (Å²) in [6.07, 6.45) is 2.50. The predicted molar refractivity (Wildman–Crippen MR) is 56.7 cm³/mol. The Balaban J connectivity index is 2.24. The van der Waals surface area contributed by atoms with Gasteiger partial charge in [0.1, 0.15) is 0 Å². The molecule has 1 aromatic heterocycles. The smallest absolute Gasteiger partial charge is 0.166 e. The van der Waals surface area contributed by atoms with Gasteiger partial charge in [0.15, 0.2) is 11.6 Å². The summed E-state index contributed by atoms with van der Waals surface area (Å²) >= 11 is 3.17. The van der Waals surface area contributed by atoms with E-state index in [-0.39, 0.29) is 11.9 Å². The minimum Gasteiger partial charge on any atom is -0.353 e. The van der Waals surface area contributed by atoms with E-state index in [0.29, 0.717) is 16.8 Å². The summed E-state index contributed by atoms with van der Waals surface area (Å²) in [5.74, 6) is 0.106. The topological polar surface area (TPSA) is 42.1 Å². The molecule has 0 saturated carbocycles. The number of halogens is 2. The molecule has 3 nitrogen and oxygen atoms in total. The number of aromatic nitrogens is 1. The molecular formula is C9H11BrFN3. The summed E-state index contributed by atoms with van der Waals surface area (Å²) in [5.41, 5.74) is 5.74. The van der Waals surface area contributed by atoms with Gasteiger partial charge in [-0.25, -0.2) is 9.37 Å². The van der Waals surface area contributed by atoms with Crippen LogP contribution in [0.2, 0.25) is 0 Å². The normalized spacial score (nSPS) is 21.6. The van der Waals surface area contributed by atoms with Crippen LogP contribution in [0.4, 0.5) is 10.2 Å². The first-order valence-electron chi connectivity index (χ1n) is 4.48. The van der Waals surface area contributed by atoms with E-state index in [0.717, 1.165) is 13.0 Å². The number of pyridine rings is 1. The molecule has 1 aliphatic rings. The molecule has 1 unspecified atom stereocenters. The molecule has 2 N–H and O–H groups in total. The van der Waals surface area contributed by atoms with Crippen molar-refractivity contribution in [1.82, 2.24) is 4.98 Å². The molecule has 1 fully saturated rings. The molecule has 2 heterocycles. The predicted octanol–water partition coefficient (Wildman–Crippen LogP) is 1.52. The Morgan fingerprint density at radius 3 is 3.00 bits per heavy atom. The molecule has 1 aromatic rings. The standard InChI is InChI=1S/C9H11BrFN3/c10-6-3-8(11)9(13-4-6)14-2-1-7(12)5-14/h3-4,7H,1-2,5,12H2. The largest absolute Gasteiger partial charge is 0.353 e. The fraction of sp³-hybridized carbons (Fsp3) is 0.444. The lowest BCUT2D eigenvalue weighted by Gasteiger charge is -2.17. The fourth-order valence-corrected chi connectivity index (χ4v) is 1.92. The van der Waals surface area contributed by atoms with Gasteiger partial charge >= 0.3 is 0 Å². The van der Waals surface area contributed by atoms with Crippen LogP contribution >= 0.6 is 15.9 Å². The minimum atomic E-state index is -0.298. The Morgan fingerprint density at radius 2 is 2.43 bits per heavy atom. The Labute approximate surface area is 90.2 Å². The van der Waals surface area contributed by atoms with E-state index in [1.165, 1.54) is 6.07 Å². The molecular weight excluding hydrogens is 249 g/mol. The molecule has 0 amide bonds. The Bertz CT molecular complexity index is 345. The fourth-order valence-electron chi connectivity index (χ4n) is 1.62. The van der Waals surface area contributed by atoms with Gasteiger partial charge in [0.25, 0.3) is 0 Å². The molecule has 5 heteroatoms. The molecule has 2 rings (SSSR count). The van der Waals surface area contributed by atoms with E-state index in [2.05, 4.69) is 20.9 Å². The molecule has 0 spiro atoms. The van der Waals surface area contributed by atoms with Crippen molar-refractivity contribution in [1.29, 1.82) is 0 Å². The molecule has 0 radical (unpaired) electrons. The van der Waals surface area contributed by atoms with Crippen LogP contribution in [0.5, 0.6) is 0 Å². The second-order valence-electron chi connectivity index (χ2n) is 3.45. The molecule has 0 bridgehead atoms. The molecule has 14 heavy (non-hydrogen) atoms. The first-order valence-corrected chi connectivity index (χ1v) is 5.27. The summed E-state index contributed by atoms with van der Waals surface area (Å²) in [7, 11) is 0. The van der Waals surface area contributed by atoms with Gasteiger partial charge in [-0.2, -0.15) is 0 Å². The Morgan fingerprint density at radius 1 is 1.64 bits per heavy atom. The van der Waals surface area contributed by atoms with Crippen LogP contribution in [-0.2, 0) is 0 Å². The minimum absolute atomic E-state index is 0.139. The van der Waals surface area contributed by atoms with Gasteiger partial charge in [-0.05, 0) is 28.4 Å². The van der Waals surface area contributed by atoms with Crippen LogP contribution < -0.4 is 10.6 Å². The van der Waals surface area contributed by atoms with Crippen molar-refractivity contribution in [3.8, 4) is 0 Å². The molecule has 0 aliphatic carbocycles. The maximum atomic E-state index is 13.5. The summed E-state index contributed by atoms with van der Waals surface area (Å²) in [4.78, 5) is 5.92. The number of hydrogen-bond acceptors (Lipinski definition) is 3. The van der Waals surface area contributed by atoms with Crippen LogP contribution in [-0.4, -0.2) is 24.1 Å². The molecule has 1 atom stereocenters. The summed E-state index contributed by atoms with van der Waals surface area (Å²) < 4.78 is 14.1. The highest BCUT2D eigenvalue weighted by Crippen LogP contribution is 2.22. The maximum absolute atomic E-state index is 13.5. The monoisotopic (exact) mass is 259 g/mol. The van der Waals surface area contributed by atoms with Crippen molar-refractivity contribution in [3.63, 3.8) is 0 Å². The number of nitrogens with zero attached hydrogens (tertiary/aromatic N) is 2. The second kappa shape index (κ2) is 3.82. The van der Waals surface area contributed by atoms with Crippen LogP contribution in [0.1, 0.15) is 6.42 Å². The van der Waals surface area contributed by atoms with Gasteiger partial charge in [-0.3, -0.25) is 0 Å². The quantitative estimate of drug-likeness (QED) is 0.832. The Kier molecular flexibility index (Phi) is 2.69. The van der Waals surface area contributed by atoms with Crippen molar-refractivity contribution in [2.75, 3.05) is 18.0 Å². The zero-order valence-corrected chi connectivity index (χ0v) is 9.17. The summed E-state index contributed by atoms with van der Waals surface area (Å²) in [6.45, 7) is 1.47. The van der Waals surface area contributed by atoms with Crippen molar-refractivity contribution < 1.29 is 4.39 Å². The van der Waals surface area contributed by atoms with E-state index >= 15 is 0 Å². The lowest BCUT2D eigenvalue weighted by molar-refractivity contribution is 0.614. The first kappa shape index (κ1) is 9.86. The van der Waals surface area contributed by atoms with E-state index in [4.69, 9.17) is 5.73 Å². The van der Waals surface area contributed by atoms with Gasteiger partial charge in [0.2, 0.25) is 0 Å². The lowest BCUT2D eigenvalue weighted by atomic mass is 10.3. The van der Waals surface area contributed by atoms with Crippen LogP contribution in [0.25, 0.3) is 0 Å². The molecule has 76 valence electrons. The van der Waals surface area contributed by atoms with Gasteiger partial charge < -0.3 is 10.6 Å².